The minimum Gasteiger partial charge on any atom is -0.463 e. The zero-order chi connectivity index (χ0) is 18.8. The van der Waals surface area contributed by atoms with Crippen LogP contribution in [-0.2, 0) is 14.3 Å². The first kappa shape index (κ1) is 20.0. The van der Waals surface area contributed by atoms with E-state index in [1.807, 2.05) is 5.92 Å². The van der Waals surface area contributed by atoms with Crippen LogP contribution in [-0.4, -0.2) is 35.2 Å². The molecule has 0 amide bonds. The van der Waals surface area contributed by atoms with Gasteiger partial charge in [-0.3, -0.25) is 4.79 Å². The first-order chi connectivity index (χ1) is 10.8. The highest BCUT2D eigenvalue weighted by Gasteiger charge is 2.48. The largest absolute Gasteiger partial charge is 0.463 e. The Labute approximate surface area is 138 Å². The van der Waals surface area contributed by atoms with E-state index in [2.05, 4.69) is 10.7 Å². The molecule has 0 aliphatic heterocycles. The number of halogens is 3. The van der Waals surface area contributed by atoms with Crippen molar-refractivity contribution in [3.63, 3.8) is 0 Å². The van der Waals surface area contributed by atoms with E-state index in [4.69, 9.17) is 0 Å². The van der Waals surface area contributed by atoms with Gasteiger partial charge in [0.05, 0.1) is 6.61 Å². The molecule has 0 saturated heterocycles. The average molecular weight is 344 g/mol. The number of hydrogen-bond acceptors (Lipinski definition) is 4. The highest BCUT2D eigenvalue weighted by atomic mass is 19.4. The predicted molar refractivity (Wildman–Crippen MR) is 80.7 cm³/mol. The van der Waals surface area contributed by atoms with Crippen molar-refractivity contribution in [2.45, 2.75) is 45.9 Å². The van der Waals surface area contributed by atoms with Crippen LogP contribution in [0.5, 0.6) is 0 Å². The number of ketones is 1. The number of esters is 1. The number of aliphatic hydroxyl groups is 1. The van der Waals surface area contributed by atoms with E-state index < -0.39 is 28.7 Å². The Balaban J connectivity index is 3.36. The van der Waals surface area contributed by atoms with Gasteiger partial charge in [0.15, 0.2) is 11.4 Å². The summed E-state index contributed by atoms with van der Waals surface area (Å²) in [7, 11) is 0. The van der Waals surface area contributed by atoms with Crippen LogP contribution in [0.3, 0.4) is 0 Å². The third-order valence-electron chi connectivity index (χ3n) is 3.78. The first-order valence-electron chi connectivity index (χ1n) is 7.26. The molecule has 0 bridgehead atoms. The van der Waals surface area contributed by atoms with Crippen LogP contribution in [0, 0.1) is 17.3 Å². The van der Waals surface area contributed by atoms with Crippen LogP contribution in [0.2, 0.25) is 0 Å². The Morgan fingerprint density at radius 1 is 1.46 bits per heavy atom. The molecule has 1 rings (SSSR count). The van der Waals surface area contributed by atoms with Crippen molar-refractivity contribution in [3.8, 4) is 11.8 Å². The third-order valence-corrected chi connectivity index (χ3v) is 3.78. The maximum Gasteiger partial charge on any atom is 0.424 e. The topological polar surface area (TPSA) is 63.6 Å². The Hall–Kier alpha value is -2.07. The van der Waals surface area contributed by atoms with Crippen LogP contribution < -0.4 is 0 Å². The van der Waals surface area contributed by atoms with Crippen molar-refractivity contribution in [2.24, 2.45) is 5.41 Å². The third kappa shape index (κ3) is 4.26. The van der Waals surface area contributed by atoms with Crippen LogP contribution in [0.15, 0.2) is 23.3 Å². The average Bonchev–Trinajstić information content (AvgIpc) is 2.39. The lowest BCUT2D eigenvalue weighted by Gasteiger charge is -2.42. The van der Waals surface area contributed by atoms with E-state index in [9.17, 15) is 27.9 Å². The monoisotopic (exact) mass is 344 g/mol. The van der Waals surface area contributed by atoms with Crippen LogP contribution in [0.1, 0.15) is 34.1 Å². The minimum absolute atomic E-state index is 0.0571. The van der Waals surface area contributed by atoms with Crippen LogP contribution in [0.4, 0.5) is 13.2 Å². The summed E-state index contributed by atoms with van der Waals surface area (Å²) >= 11 is 0. The second kappa shape index (κ2) is 6.81. The van der Waals surface area contributed by atoms with Gasteiger partial charge in [0.1, 0.15) is 5.57 Å². The first-order valence-corrected chi connectivity index (χ1v) is 7.26. The van der Waals surface area contributed by atoms with Gasteiger partial charge in [-0.2, -0.15) is 13.2 Å². The molecule has 132 valence electrons. The highest BCUT2D eigenvalue weighted by molar-refractivity contribution is 5.93. The molecule has 0 saturated carbocycles. The molecule has 0 heterocycles. The van der Waals surface area contributed by atoms with E-state index in [-0.39, 0.29) is 30.5 Å². The quantitative estimate of drug-likeness (QED) is 0.475. The lowest BCUT2D eigenvalue weighted by Crippen LogP contribution is -2.48. The summed E-state index contributed by atoms with van der Waals surface area (Å²) in [5.41, 5.74) is -4.25. The number of hydrogen-bond donors (Lipinski definition) is 1. The fraction of sp³-hybridized carbons (Fsp3) is 0.529. The van der Waals surface area contributed by atoms with E-state index in [1.54, 1.807) is 13.8 Å². The second-order valence-corrected chi connectivity index (χ2v) is 6.12. The Bertz CT molecular complexity index is 660. The lowest BCUT2D eigenvalue weighted by atomic mass is 9.65. The molecule has 0 spiro atoms. The van der Waals surface area contributed by atoms with Gasteiger partial charge in [0.2, 0.25) is 0 Å². The molecule has 24 heavy (non-hydrogen) atoms. The highest BCUT2D eigenvalue weighted by Crippen LogP contribution is 2.43. The van der Waals surface area contributed by atoms with Gasteiger partial charge < -0.3 is 9.84 Å². The van der Waals surface area contributed by atoms with E-state index in [0.29, 0.717) is 0 Å². The summed E-state index contributed by atoms with van der Waals surface area (Å²) in [6, 6.07) is 0. The molecule has 0 aromatic carbocycles. The van der Waals surface area contributed by atoms with Gasteiger partial charge in [0.25, 0.3) is 0 Å². The number of rotatable bonds is 2. The number of carbonyl (C=O) groups excluding carboxylic acids is 2. The number of carbonyl (C=O) groups is 2. The zero-order valence-corrected chi connectivity index (χ0v) is 13.9. The summed E-state index contributed by atoms with van der Waals surface area (Å²) in [5.74, 6) is 2.64. The summed E-state index contributed by atoms with van der Waals surface area (Å²) in [4.78, 5) is 22.9. The maximum atomic E-state index is 13.0. The molecular formula is C17H19F3O4. The van der Waals surface area contributed by atoms with Gasteiger partial charge in [-0.15, -0.1) is 0 Å². The van der Waals surface area contributed by atoms with Crippen molar-refractivity contribution < 1.29 is 32.6 Å². The van der Waals surface area contributed by atoms with Crippen LogP contribution >= 0.6 is 0 Å². The second-order valence-electron chi connectivity index (χ2n) is 6.12. The number of allylic oxidation sites excluding steroid dienone is 2. The van der Waals surface area contributed by atoms with E-state index >= 15 is 0 Å². The van der Waals surface area contributed by atoms with Crippen molar-refractivity contribution in [2.75, 3.05) is 6.61 Å². The minimum atomic E-state index is -4.87. The molecule has 0 aromatic heterocycles. The molecule has 4 nitrogen and oxygen atoms in total. The maximum absolute atomic E-state index is 13.0. The van der Waals surface area contributed by atoms with Gasteiger partial charge in [-0.25, -0.2) is 4.79 Å². The molecule has 1 aliphatic rings. The Morgan fingerprint density at radius 3 is 2.50 bits per heavy atom. The number of ether oxygens (including phenoxy) is 1. The summed E-state index contributed by atoms with van der Waals surface area (Å²) in [6.07, 6.45) is -3.51. The lowest BCUT2D eigenvalue weighted by molar-refractivity contribution is -0.138. The van der Waals surface area contributed by atoms with Crippen molar-refractivity contribution >= 4 is 11.8 Å². The normalized spacial score (nSPS) is 23.9. The summed E-state index contributed by atoms with van der Waals surface area (Å²) in [6.45, 7) is 5.89. The fourth-order valence-corrected chi connectivity index (χ4v) is 2.41. The molecule has 0 fully saturated rings. The van der Waals surface area contributed by atoms with Crippen molar-refractivity contribution in [1.29, 1.82) is 0 Å². The van der Waals surface area contributed by atoms with Gasteiger partial charge in [0, 0.05) is 17.9 Å². The summed E-state index contributed by atoms with van der Waals surface area (Å²) < 4.78 is 43.5. The van der Waals surface area contributed by atoms with Crippen molar-refractivity contribution in [1.82, 2.24) is 0 Å². The van der Waals surface area contributed by atoms with Crippen molar-refractivity contribution in [3.05, 3.63) is 23.3 Å². The van der Waals surface area contributed by atoms with Gasteiger partial charge in [-0.05, 0) is 25.5 Å². The van der Waals surface area contributed by atoms with E-state index in [0.717, 1.165) is 0 Å². The van der Waals surface area contributed by atoms with Gasteiger partial charge in [-0.1, -0.05) is 25.7 Å². The summed E-state index contributed by atoms with van der Waals surface area (Å²) in [5, 5.41) is 10.7. The van der Waals surface area contributed by atoms with E-state index in [1.165, 1.54) is 19.9 Å². The molecule has 1 N–H and O–H groups in total. The number of alkyl halides is 3. The SMILES string of the molecule is CCOC(=O)C=C(C#CC1(O)C(C)=CC(=O)CC1(C)C)C(F)(F)F. The van der Waals surface area contributed by atoms with Gasteiger partial charge >= 0.3 is 12.1 Å². The molecule has 0 radical (unpaired) electrons. The fourth-order valence-electron chi connectivity index (χ4n) is 2.41. The smallest absolute Gasteiger partial charge is 0.424 e. The molecule has 7 heteroatoms. The predicted octanol–water partition coefficient (Wildman–Crippen LogP) is 2.72. The Morgan fingerprint density at radius 2 is 2.04 bits per heavy atom. The standard InChI is InChI=1S/C17H19F3O4/c1-5-24-14(22)9-12(17(18,19)20)6-7-16(23)11(2)8-13(21)10-15(16,3)4/h8-9,23H,5,10H2,1-4H3. The van der Waals surface area contributed by atoms with Crippen LogP contribution in [0.25, 0.3) is 0 Å². The Kier molecular flexibility index (Phi) is 5.67. The zero-order valence-electron chi connectivity index (χ0n) is 13.9. The molecule has 1 unspecified atom stereocenters. The molecular weight excluding hydrogens is 325 g/mol. The molecule has 1 atom stereocenters. The molecule has 0 aromatic rings. The molecule has 1 aliphatic carbocycles.